The van der Waals surface area contributed by atoms with E-state index in [2.05, 4.69) is 20.4 Å². The van der Waals surface area contributed by atoms with Crippen molar-refractivity contribution in [1.29, 1.82) is 0 Å². The lowest BCUT2D eigenvalue weighted by Crippen LogP contribution is -2.29. The second kappa shape index (κ2) is 9.30. The first-order chi connectivity index (χ1) is 15.1. The van der Waals surface area contributed by atoms with Crippen LogP contribution in [0.1, 0.15) is 11.3 Å². The smallest absolute Gasteiger partial charge is 0.226 e. The maximum atomic E-state index is 13.3. The third-order valence-electron chi connectivity index (χ3n) is 4.81. The maximum Gasteiger partial charge on any atom is 0.226 e. The number of hydrogen-bond donors (Lipinski definition) is 1. The molecule has 1 N–H and O–H groups in total. The second-order valence-corrected chi connectivity index (χ2v) is 7.21. The third-order valence-corrected chi connectivity index (χ3v) is 4.81. The van der Waals surface area contributed by atoms with E-state index in [9.17, 15) is 9.18 Å². The van der Waals surface area contributed by atoms with Crippen molar-refractivity contribution < 1.29 is 9.18 Å². The first-order valence-electron chi connectivity index (χ1n) is 10.0. The molecule has 4 rings (SSSR count). The van der Waals surface area contributed by atoms with Gasteiger partial charge in [-0.2, -0.15) is 5.10 Å². The van der Waals surface area contributed by atoms with E-state index in [4.69, 9.17) is 0 Å². The molecule has 0 aliphatic rings. The van der Waals surface area contributed by atoms with Crippen molar-refractivity contribution in [2.75, 3.05) is 6.54 Å². The molecular weight excluding hydrogens is 393 g/mol. The van der Waals surface area contributed by atoms with Crippen LogP contribution in [-0.4, -0.2) is 32.2 Å². The van der Waals surface area contributed by atoms with Gasteiger partial charge in [0.1, 0.15) is 5.82 Å². The molecule has 0 saturated heterocycles. The fourth-order valence-corrected chi connectivity index (χ4v) is 3.21. The molecule has 0 spiro atoms. The number of benzene rings is 1. The normalized spacial score (nSPS) is 10.8. The van der Waals surface area contributed by atoms with Gasteiger partial charge in [-0.05, 0) is 61.0 Å². The van der Waals surface area contributed by atoms with Gasteiger partial charge >= 0.3 is 0 Å². The van der Waals surface area contributed by atoms with E-state index in [0.717, 1.165) is 33.9 Å². The Bertz CT molecular complexity index is 1160. The zero-order valence-corrected chi connectivity index (χ0v) is 17.1. The van der Waals surface area contributed by atoms with Crippen LogP contribution >= 0.6 is 0 Å². The van der Waals surface area contributed by atoms with Gasteiger partial charge in [0, 0.05) is 30.2 Å². The van der Waals surface area contributed by atoms with E-state index >= 15 is 0 Å². The SMILES string of the molecule is Cc1ccc(-c2cc(-c3ccc(F)cc3)nn2CCNC(=O)Cc2ccccn2)nc1. The number of carbonyl (C=O) groups excluding carboxylic acids is 1. The molecule has 3 heterocycles. The number of nitrogens with one attached hydrogen (secondary N) is 1. The number of halogens is 1. The van der Waals surface area contributed by atoms with Crippen molar-refractivity contribution in [2.45, 2.75) is 19.9 Å². The Labute approximate surface area is 179 Å². The van der Waals surface area contributed by atoms with E-state index in [1.807, 2.05) is 48.0 Å². The van der Waals surface area contributed by atoms with Crippen molar-refractivity contribution in [3.05, 3.63) is 90.1 Å². The van der Waals surface area contributed by atoms with Crippen LogP contribution in [0.2, 0.25) is 0 Å². The number of carbonyl (C=O) groups is 1. The second-order valence-electron chi connectivity index (χ2n) is 7.21. The van der Waals surface area contributed by atoms with Crippen molar-refractivity contribution in [3.8, 4) is 22.6 Å². The fraction of sp³-hybridized carbons (Fsp3) is 0.167. The van der Waals surface area contributed by atoms with Crippen LogP contribution in [0.5, 0.6) is 0 Å². The highest BCUT2D eigenvalue weighted by molar-refractivity contribution is 5.78. The van der Waals surface area contributed by atoms with Crippen molar-refractivity contribution in [3.63, 3.8) is 0 Å². The Morgan fingerprint density at radius 3 is 2.58 bits per heavy atom. The number of pyridine rings is 2. The van der Waals surface area contributed by atoms with Gasteiger partial charge < -0.3 is 5.32 Å². The average Bonchev–Trinajstić information content (AvgIpc) is 3.19. The highest BCUT2D eigenvalue weighted by Crippen LogP contribution is 2.25. The van der Waals surface area contributed by atoms with Gasteiger partial charge in [0.2, 0.25) is 5.91 Å². The summed E-state index contributed by atoms with van der Waals surface area (Å²) in [6, 6.07) is 17.6. The Morgan fingerprint density at radius 1 is 1.03 bits per heavy atom. The van der Waals surface area contributed by atoms with Crippen LogP contribution in [0.4, 0.5) is 4.39 Å². The molecule has 7 heteroatoms. The molecule has 31 heavy (non-hydrogen) atoms. The highest BCUT2D eigenvalue weighted by atomic mass is 19.1. The molecule has 0 atom stereocenters. The van der Waals surface area contributed by atoms with Crippen LogP contribution in [0.15, 0.2) is 73.1 Å². The minimum absolute atomic E-state index is 0.0976. The maximum absolute atomic E-state index is 13.3. The first kappa shape index (κ1) is 20.4. The molecule has 0 aliphatic heterocycles. The van der Waals surface area contributed by atoms with Crippen LogP contribution in [0.25, 0.3) is 22.6 Å². The lowest BCUT2D eigenvalue weighted by atomic mass is 10.1. The Morgan fingerprint density at radius 2 is 1.87 bits per heavy atom. The zero-order valence-electron chi connectivity index (χ0n) is 17.1. The van der Waals surface area contributed by atoms with E-state index in [0.29, 0.717) is 13.1 Å². The lowest BCUT2D eigenvalue weighted by Gasteiger charge is -2.09. The molecule has 1 amide bonds. The summed E-state index contributed by atoms with van der Waals surface area (Å²) in [4.78, 5) is 20.9. The number of aryl methyl sites for hydroxylation is 1. The number of amides is 1. The van der Waals surface area contributed by atoms with Crippen LogP contribution in [-0.2, 0) is 17.8 Å². The summed E-state index contributed by atoms with van der Waals surface area (Å²) in [5.41, 5.74) is 4.94. The predicted octanol–water partition coefficient (Wildman–Crippen LogP) is 3.81. The molecule has 0 radical (unpaired) electrons. The number of hydrogen-bond acceptors (Lipinski definition) is 4. The minimum Gasteiger partial charge on any atom is -0.354 e. The summed E-state index contributed by atoms with van der Waals surface area (Å²) in [6.45, 7) is 2.87. The molecular formula is C24H22FN5O. The number of nitrogens with zero attached hydrogens (tertiary/aromatic N) is 4. The van der Waals surface area contributed by atoms with E-state index in [-0.39, 0.29) is 18.1 Å². The summed E-state index contributed by atoms with van der Waals surface area (Å²) in [7, 11) is 0. The fourth-order valence-electron chi connectivity index (χ4n) is 3.21. The van der Waals surface area contributed by atoms with Crippen LogP contribution in [0, 0.1) is 12.7 Å². The monoisotopic (exact) mass is 415 g/mol. The van der Waals surface area contributed by atoms with Gasteiger partial charge in [-0.15, -0.1) is 0 Å². The quantitative estimate of drug-likeness (QED) is 0.498. The molecule has 0 unspecified atom stereocenters. The topological polar surface area (TPSA) is 72.7 Å². The van der Waals surface area contributed by atoms with Gasteiger partial charge in [-0.1, -0.05) is 12.1 Å². The Hall–Kier alpha value is -3.87. The lowest BCUT2D eigenvalue weighted by molar-refractivity contribution is -0.120. The standard InChI is InChI=1S/C24H22FN5O/c1-17-5-10-21(28-16-17)23-15-22(18-6-8-19(25)9-7-18)29-30(23)13-12-27-24(31)14-20-4-2-3-11-26-20/h2-11,15-16H,12-14H2,1H3,(H,27,31). The Balaban J connectivity index is 1.51. The summed E-state index contributed by atoms with van der Waals surface area (Å²) >= 11 is 0. The van der Waals surface area contributed by atoms with Crippen molar-refractivity contribution in [2.24, 2.45) is 0 Å². The van der Waals surface area contributed by atoms with E-state index < -0.39 is 0 Å². The molecule has 3 aromatic heterocycles. The summed E-state index contributed by atoms with van der Waals surface area (Å²) in [6.07, 6.45) is 3.70. The van der Waals surface area contributed by atoms with Gasteiger partial charge in [0.25, 0.3) is 0 Å². The van der Waals surface area contributed by atoms with Gasteiger partial charge in [-0.3, -0.25) is 19.4 Å². The van der Waals surface area contributed by atoms with Gasteiger partial charge in [0.05, 0.1) is 30.0 Å². The van der Waals surface area contributed by atoms with Gasteiger partial charge in [-0.25, -0.2) is 4.39 Å². The molecule has 6 nitrogen and oxygen atoms in total. The van der Waals surface area contributed by atoms with Crippen LogP contribution < -0.4 is 5.32 Å². The molecule has 0 bridgehead atoms. The highest BCUT2D eigenvalue weighted by Gasteiger charge is 2.13. The van der Waals surface area contributed by atoms with Crippen LogP contribution in [0.3, 0.4) is 0 Å². The van der Waals surface area contributed by atoms with Gasteiger partial charge in [0.15, 0.2) is 0 Å². The summed E-state index contributed by atoms with van der Waals surface area (Å²) < 4.78 is 15.1. The average molecular weight is 415 g/mol. The molecule has 0 aliphatic carbocycles. The summed E-state index contributed by atoms with van der Waals surface area (Å²) in [5, 5.41) is 7.59. The van der Waals surface area contributed by atoms with E-state index in [1.165, 1.54) is 12.1 Å². The zero-order chi connectivity index (χ0) is 21.6. The Kier molecular flexibility index (Phi) is 6.12. The number of aromatic nitrogens is 4. The minimum atomic E-state index is -0.292. The molecule has 0 fully saturated rings. The molecule has 1 aromatic carbocycles. The third kappa shape index (κ3) is 5.19. The predicted molar refractivity (Wildman–Crippen MR) is 117 cm³/mol. The summed E-state index contributed by atoms with van der Waals surface area (Å²) in [5.74, 6) is -0.390. The largest absolute Gasteiger partial charge is 0.354 e. The molecule has 156 valence electrons. The van der Waals surface area contributed by atoms with E-state index in [1.54, 1.807) is 24.5 Å². The van der Waals surface area contributed by atoms with Crippen molar-refractivity contribution >= 4 is 5.91 Å². The molecule has 4 aromatic rings. The molecule has 0 saturated carbocycles. The first-order valence-corrected chi connectivity index (χ1v) is 10.0. The van der Waals surface area contributed by atoms with Crippen molar-refractivity contribution in [1.82, 2.24) is 25.1 Å². The number of rotatable bonds is 7.